The van der Waals surface area contributed by atoms with E-state index in [1.54, 1.807) is 0 Å². The molecule has 6 nitrogen and oxygen atoms in total. The van der Waals surface area contributed by atoms with E-state index in [0.29, 0.717) is 0 Å². The minimum Gasteiger partial charge on any atom is -0.369 e. The monoisotopic (exact) mass is 299 g/mol. The number of hydrogen-bond acceptors (Lipinski definition) is 5. The van der Waals surface area contributed by atoms with Crippen LogP contribution in [0.2, 0.25) is 5.28 Å². The number of nitrogens with two attached hydrogens (primary N) is 2. The third-order valence-corrected chi connectivity index (χ3v) is 4.58. The fourth-order valence-electron chi connectivity index (χ4n) is 3.61. The molecule has 5 atom stereocenters. The molecule has 20 heavy (non-hydrogen) atoms. The molecule has 5 N–H and O–H groups in total. The van der Waals surface area contributed by atoms with E-state index < -0.39 is 17.6 Å². The molecule has 0 aromatic carbocycles. The van der Waals surface area contributed by atoms with Gasteiger partial charge in [0.05, 0.1) is 12.1 Å². The lowest BCUT2D eigenvalue weighted by molar-refractivity contribution is -0.123. The summed E-state index contributed by atoms with van der Waals surface area (Å²) in [7, 11) is 0. The smallest absolute Gasteiger partial charge is 0.224 e. The number of nitrogens with zero attached hydrogens (tertiary/aromatic N) is 2. The van der Waals surface area contributed by atoms with Crippen molar-refractivity contribution < 1.29 is 9.18 Å². The van der Waals surface area contributed by atoms with E-state index in [9.17, 15) is 9.18 Å². The van der Waals surface area contributed by atoms with E-state index in [1.807, 2.05) is 0 Å². The molecule has 0 aliphatic heterocycles. The van der Waals surface area contributed by atoms with Crippen LogP contribution in [0.15, 0.2) is 6.20 Å². The van der Waals surface area contributed by atoms with Crippen molar-refractivity contribution in [3.05, 3.63) is 17.3 Å². The van der Waals surface area contributed by atoms with Crippen LogP contribution in [0.25, 0.3) is 0 Å². The quantitative estimate of drug-likeness (QED) is 0.705. The summed E-state index contributed by atoms with van der Waals surface area (Å²) in [4.78, 5) is 19.0. The van der Waals surface area contributed by atoms with Crippen molar-refractivity contribution in [2.24, 2.45) is 29.2 Å². The van der Waals surface area contributed by atoms with E-state index >= 15 is 0 Å². The number of carbonyl (C=O) groups is 1. The summed E-state index contributed by atoms with van der Waals surface area (Å²) in [5, 5.41) is 2.91. The van der Waals surface area contributed by atoms with Crippen molar-refractivity contribution in [1.82, 2.24) is 9.97 Å². The minimum absolute atomic E-state index is 0.00220. The van der Waals surface area contributed by atoms with Crippen LogP contribution in [0.3, 0.4) is 0 Å². The zero-order valence-electron chi connectivity index (χ0n) is 10.6. The summed E-state index contributed by atoms with van der Waals surface area (Å²) >= 11 is 5.66. The minimum atomic E-state index is -0.607. The third-order valence-electron chi connectivity index (χ3n) is 4.40. The predicted molar refractivity (Wildman–Crippen MR) is 71.3 cm³/mol. The molecule has 108 valence electrons. The van der Waals surface area contributed by atoms with Crippen molar-refractivity contribution in [3.63, 3.8) is 0 Å². The van der Waals surface area contributed by atoms with E-state index in [0.717, 1.165) is 19.0 Å². The summed E-state index contributed by atoms with van der Waals surface area (Å²) in [5.74, 6) is -1.18. The number of fused-ring (bicyclic) bond motifs is 2. The van der Waals surface area contributed by atoms with Gasteiger partial charge in [-0.25, -0.2) is 9.37 Å². The molecular weight excluding hydrogens is 285 g/mol. The zero-order valence-corrected chi connectivity index (χ0v) is 11.3. The summed E-state index contributed by atoms with van der Waals surface area (Å²) in [5.41, 5.74) is 11.5. The zero-order chi connectivity index (χ0) is 14.4. The van der Waals surface area contributed by atoms with E-state index in [-0.39, 0.29) is 35.0 Å². The lowest BCUT2D eigenvalue weighted by atomic mass is 9.81. The van der Waals surface area contributed by atoms with Crippen LogP contribution >= 0.6 is 11.6 Å². The molecular formula is C12H15ClFN5O. The molecule has 1 amide bonds. The van der Waals surface area contributed by atoms with Gasteiger partial charge in [-0.1, -0.05) is 0 Å². The molecule has 2 saturated carbocycles. The molecule has 8 heteroatoms. The largest absolute Gasteiger partial charge is 0.369 e. The lowest BCUT2D eigenvalue weighted by Gasteiger charge is -2.33. The Morgan fingerprint density at radius 3 is 2.95 bits per heavy atom. The van der Waals surface area contributed by atoms with Crippen molar-refractivity contribution in [1.29, 1.82) is 0 Å². The van der Waals surface area contributed by atoms with E-state index in [4.69, 9.17) is 23.1 Å². The maximum atomic E-state index is 13.7. The number of hydrogen-bond donors (Lipinski definition) is 3. The molecule has 2 aliphatic rings. The number of primary amides is 1. The van der Waals surface area contributed by atoms with E-state index in [2.05, 4.69) is 15.3 Å². The SMILES string of the molecule is NC(=O)C1C2CC(CC2N)C1Nc1nc(Cl)ncc1F. The maximum Gasteiger partial charge on any atom is 0.224 e. The highest BCUT2D eigenvalue weighted by Crippen LogP contribution is 2.48. The van der Waals surface area contributed by atoms with Gasteiger partial charge >= 0.3 is 0 Å². The Morgan fingerprint density at radius 2 is 2.25 bits per heavy atom. The number of nitrogens with one attached hydrogen (secondary N) is 1. The highest BCUT2D eigenvalue weighted by atomic mass is 35.5. The predicted octanol–water partition coefficient (Wildman–Crippen LogP) is 0.518. The van der Waals surface area contributed by atoms with Crippen LogP contribution < -0.4 is 16.8 Å². The first-order valence-electron chi connectivity index (χ1n) is 6.47. The molecule has 2 bridgehead atoms. The van der Waals surface area contributed by atoms with Gasteiger partial charge in [-0.3, -0.25) is 4.79 Å². The highest BCUT2D eigenvalue weighted by Gasteiger charge is 2.54. The van der Waals surface area contributed by atoms with Gasteiger partial charge in [-0.15, -0.1) is 0 Å². The van der Waals surface area contributed by atoms with Crippen molar-refractivity contribution in [3.8, 4) is 0 Å². The molecule has 0 spiro atoms. The Morgan fingerprint density at radius 1 is 1.50 bits per heavy atom. The fourth-order valence-corrected chi connectivity index (χ4v) is 3.74. The van der Waals surface area contributed by atoms with Crippen molar-refractivity contribution >= 4 is 23.3 Å². The summed E-state index contributed by atoms with van der Waals surface area (Å²) in [6.45, 7) is 0. The molecule has 0 radical (unpaired) electrons. The molecule has 1 heterocycles. The molecule has 2 fully saturated rings. The first-order chi connectivity index (χ1) is 9.47. The van der Waals surface area contributed by atoms with E-state index in [1.165, 1.54) is 0 Å². The van der Waals surface area contributed by atoms with Crippen LogP contribution in [-0.4, -0.2) is 28.0 Å². The van der Waals surface area contributed by atoms with Gasteiger partial charge in [0.25, 0.3) is 0 Å². The second-order valence-electron chi connectivity index (χ2n) is 5.49. The number of halogens is 2. The number of aromatic nitrogens is 2. The van der Waals surface area contributed by atoms with Gasteiger partial charge < -0.3 is 16.8 Å². The first kappa shape index (κ1) is 13.5. The number of carbonyl (C=O) groups excluding carboxylic acids is 1. The first-order valence-corrected chi connectivity index (χ1v) is 6.84. The maximum absolute atomic E-state index is 13.7. The fraction of sp³-hybridized carbons (Fsp3) is 0.583. The highest BCUT2D eigenvalue weighted by molar-refractivity contribution is 6.28. The molecule has 1 aromatic rings. The Bertz CT molecular complexity index is 557. The summed E-state index contributed by atoms with van der Waals surface area (Å²) in [6, 6.07) is -0.271. The number of anilines is 1. The summed E-state index contributed by atoms with van der Waals surface area (Å²) in [6.07, 6.45) is 2.62. The van der Waals surface area contributed by atoms with Crippen LogP contribution in [0.4, 0.5) is 10.2 Å². The van der Waals surface area contributed by atoms with Gasteiger partial charge in [0.15, 0.2) is 11.6 Å². The number of rotatable bonds is 3. The van der Waals surface area contributed by atoms with Crippen LogP contribution in [0, 0.1) is 23.6 Å². The van der Waals surface area contributed by atoms with Crippen molar-refractivity contribution in [2.75, 3.05) is 5.32 Å². The van der Waals surface area contributed by atoms with Gasteiger partial charge in [0.2, 0.25) is 11.2 Å². The normalized spacial score (nSPS) is 35.2. The summed E-state index contributed by atoms with van der Waals surface area (Å²) < 4.78 is 13.7. The third kappa shape index (κ3) is 2.10. The standard InChI is InChI=1S/C12H15ClFN5O/c13-12-17-3-6(14)11(19-12)18-9-4-1-5(7(15)2-4)8(9)10(16)20/h3-5,7-9H,1-2,15H2,(H2,16,20)(H,17,18,19). The molecule has 0 saturated heterocycles. The van der Waals surface area contributed by atoms with Gasteiger partial charge in [-0.05, 0) is 36.3 Å². The van der Waals surface area contributed by atoms with Gasteiger partial charge in [0.1, 0.15) is 0 Å². The average Bonchev–Trinajstić information content (AvgIpc) is 2.90. The average molecular weight is 300 g/mol. The topological polar surface area (TPSA) is 107 Å². The molecule has 2 aliphatic carbocycles. The van der Waals surface area contributed by atoms with Crippen molar-refractivity contribution in [2.45, 2.75) is 24.9 Å². The van der Waals surface area contributed by atoms with Gasteiger partial charge in [0, 0.05) is 12.1 Å². The molecule has 5 unspecified atom stereocenters. The second-order valence-corrected chi connectivity index (χ2v) is 5.83. The van der Waals surface area contributed by atoms with Crippen LogP contribution in [0.1, 0.15) is 12.8 Å². The lowest BCUT2D eigenvalue weighted by Crippen LogP contribution is -2.48. The number of amides is 1. The Balaban J connectivity index is 1.86. The Hall–Kier alpha value is -1.47. The van der Waals surface area contributed by atoms with Crippen LogP contribution in [0.5, 0.6) is 0 Å². The van der Waals surface area contributed by atoms with Gasteiger partial charge in [-0.2, -0.15) is 4.98 Å². The Kier molecular flexibility index (Phi) is 3.25. The Labute approximate surface area is 120 Å². The van der Waals surface area contributed by atoms with Crippen LogP contribution in [-0.2, 0) is 4.79 Å². The second kappa shape index (κ2) is 4.82. The molecule has 3 rings (SSSR count). The molecule has 1 aromatic heterocycles.